The number of benzene rings is 4. The number of carbonyl (C=O) groups excluding carboxylic acids is 1. The fraction of sp³-hybridized carbons (Fsp3) is 0.306. The van der Waals surface area contributed by atoms with Crippen molar-refractivity contribution in [2.45, 2.75) is 45.0 Å². The number of piperidine rings is 1. The third-order valence-corrected chi connectivity index (χ3v) is 8.63. The number of hydrogen-bond acceptors (Lipinski definition) is 9. The maximum Gasteiger partial charge on any atom is 0.153 e. The molecule has 47 heavy (non-hydrogen) atoms. The standard InChI is InChI=1S/C36H35ClFN3O6/c1-36(43)11-14-41(15-12-36)13-4-16-44-28-7-2-5-25(18-28)29-8-3-6-26(35(29)38)23-46-34-20-33(27(21-42)19-30(34)37)45-22-24-9-10-31-32(17-24)40-47-39-31/h2-3,5-10,17-21,43H,4,11-16,22-23H2,1H3. The third-order valence-electron chi connectivity index (χ3n) is 8.33. The number of rotatable bonds is 13. The fourth-order valence-electron chi connectivity index (χ4n) is 5.52. The summed E-state index contributed by atoms with van der Waals surface area (Å²) in [6.45, 7) is 5.15. The molecular formula is C36H35ClFN3O6. The Kier molecular flexibility index (Phi) is 10.0. The van der Waals surface area contributed by atoms with E-state index in [1.165, 1.54) is 12.1 Å². The van der Waals surface area contributed by atoms with E-state index in [0.717, 1.165) is 44.5 Å². The van der Waals surface area contributed by atoms with Crippen molar-refractivity contribution >= 4 is 28.9 Å². The van der Waals surface area contributed by atoms with E-state index in [1.807, 2.05) is 37.3 Å². The summed E-state index contributed by atoms with van der Waals surface area (Å²) in [4.78, 5) is 14.1. The second-order valence-electron chi connectivity index (χ2n) is 12.0. The van der Waals surface area contributed by atoms with Crippen LogP contribution in [0.2, 0.25) is 5.02 Å². The van der Waals surface area contributed by atoms with Gasteiger partial charge in [0.05, 0.1) is 22.8 Å². The highest BCUT2D eigenvalue weighted by atomic mass is 35.5. The molecule has 0 amide bonds. The quantitative estimate of drug-likeness (QED) is 0.103. The first-order valence-corrected chi connectivity index (χ1v) is 15.9. The van der Waals surface area contributed by atoms with Crippen molar-refractivity contribution in [1.82, 2.24) is 15.2 Å². The van der Waals surface area contributed by atoms with Gasteiger partial charge in [-0.2, -0.15) is 0 Å². The number of hydrogen-bond donors (Lipinski definition) is 1. The van der Waals surface area contributed by atoms with Crippen LogP contribution in [0.1, 0.15) is 47.7 Å². The van der Waals surface area contributed by atoms with Crippen LogP contribution in [-0.4, -0.2) is 58.4 Å². The second kappa shape index (κ2) is 14.5. The molecule has 1 N–H and O–H groups in total. The lowest BCUT2D eigenvalue weighted by atomic mass is 9.94. The monoisotopic (exact) mass is 659 g/mol. The molecule has 0 radical (unpaired) electrons. The van der Waals surface area contributed by atoms with Crippen molar-refractivity contribution in [3.63, 3.8) is 0 Å². The molecule has 9 nitrogen and oxygen atoms in total. The summed E-state index contributed by atoms with van der Waals surface area (Å²) in [5, 5.41) is 18.0. The Bertz CT molecular complexity index is 1850. The van der Waals surface area contributed by atoms with Gasteiger partial charge in [-0.05, 0) is 78.0 Å². The summed E-state index contributed by atoms with van der Waals surface area (Å²) >= 11 is 6.42. The highest BCUT2D eigenvalue weighted by molar-refractivity contribution is 6.32. The molecule has 5 aromatic rings. The molecule has 1 aliphatic heterocycles. The molecule has 0 atom stereocenters. The maximum atomic E-state index is 15.8. The molecule has 0 unspecified atom stereocenters. The molecule has 11 heteroatoms. The summed E-state index contributed by atoms with van der Waals surface area (Å²) < 4.78 is 38.4. The van der Waals surface area contributed by atoms with Crippen molar-refractivity contribution in [3.8, 4) is 28.4 Å². The van der Waals surface area contributed by atoms with Gasteiger partial charge in [-0.15, -0.1) is 0 Å². The van der Waals surface area contributed by atoms with Crippen LogP contribution in [0.4, 0.5) is 4.39 Å². The van der Waals surface area contributed by atoms with E-state index < -0.39 is 11.4 Å². The van der Waals surface area contributed by atoms with Crippen molar-refractivity contribution in [2.75, 3.05) is 26.2 Å². The van der Waals surface area contributed by atoms with Gasteiger partial charge in [0.2, 0.25) is 0 Å². The predicted octanol–water partition coefficient (Wildman–Crippen LogP) is 7.27. The Balaban J connectivity index is 1.08. The zero-order valence-corrected chi connectivity index (χ0v) is 26.7. The molecule has 1 aromatic heterocycles. The number of aliphatic hydroxyl groups is 1. The van der Waals surface area contributed by atoms with Gasteiger partial charge in [0.25, 0.3) is 0 Å². The fourth-order valence-corrected chi connectivity index (χ4v) is 5.74. The number of halogens is 2. The number of nitrogens with zero attached hydrogens (tertiary/aromatic N) is 3. The molecule has 0 spiro atoms. The Morgan fingerprint density at radius 1 is 0.957 bits per heavy atom. The van der Waals surface area contributed by atoms with Crippen molar-refractivity contribution < 1.29 is 33.1 Å². The molecule has 4 aromatic carbocycles. The molecule has 1 aliphatic rings. The van der Waals surface area contributed by atoms with Gasteiger partial charge in [-0.25, -0.2) is 9.02 Å². The van der Waals surface area contributed by atoms with Crippen LogP contribution in [0, 0.1) is 5.82 Å². The highest BCUT2D eigenvalue weighted by Gasteiger charge is 2.26. The van der Waals surface area contributed by atoms with Crippen LogP contribution in [0.5, 0.6) is 17.2 Å². The summed E-state index contributed by atoms with van der Waals surface area (Å²) in [7, 11) is 0. The van der Waals surface area contributed by atoms with Crippen LogP contribution in [0.15, 0.2) is 77.4 Å². The summed E-state index contributed by atoms with van der Waals surface area (Å²) in [5.74, 6) is 0.768. The summed E-state index contributed by atoms with van der Waals surface area (Å²) in [6.07, 6.45) is 3.06. The Morgan fingerprint density at radius 3 is 2.57 bits per heavy atom. The van der Waals surface area contributed by atoms with E-state index >= 15 is 4.39 Å². The van der Waals surface area contributed by atoms with Gasteiger partial charge in [0.15, 0.2) is 6.29 Å². The van der Waals surface area contributed by atoms with Gasteiger partial charge in [0, 0.05) is 36.8 Å². The first kappa shape index (κ1) is 32.4. The molecule has 1 saturated heterocycles. The van der Waals surface area contributed by atoms with E-state index in [4.69, 9.17) is 30.4 Å². The second-order valence-corrected chi connectivity index (χ2v) is 12.4. The lowest BCUT2D eigenvalue weighted by Gasteiger charge is -2.35. The van der Waals surface area contributed by atoms with Gasteiger partial charge in [-0.1, -0.05) is 48.0 Å². The van der Waals surface area contributed by atoms with E-state index in [1.54, 1.807) is 30.3 Å². The average molecular weight is 660 g/mol. The Labute approximate surface area is 276 Å². The normalized spacial score (nSPS) is 14.6. The van der Waals surface area contributed by atoms with Gasteiger partial charge in [-0.3, -0.25) is 4.79 Å². The van der Waals surface area contributed by atoms with Crippen LogP contribution in [0.25, 0.3) is 22.2 Å². The molecule has 0 bridgehead atoms. The van der Waals surface area contributed by atoms with Crippen LogP contribution >= 0.6 is 11.6 Å². The zero-order chi connectivity index (χ0) is 32.8. The molecular weight excluding hydrogens is 625 g/mol. The van der Waals surface area contributed by atoms with Gasteiger partial charge in [0.1, 0.15) is 47.3 Å². The first-order valence-electron chi connectivity index (χ1n) is 15.5. The molecule has 244 valence electrons. The number of aldehydes is 1. The maximum absolute atomic E-state index is 15.8. The zero-order valence-electron chi connectivity index (χ0n) is 26.0. The van der Waals surface area contributed by atoms with E-state index in [2.05, 4.69) is 15.2 Å². The number of ether oxygens (including phenoxy) is 3. The number of likely N-dealkylation sites (tertiary alicyclic amines) is 1. The minimum Gasteiger partial charge on any atom is -0.494 e. The first-order chi connectivity index (χ1) is 22.8. The van der Waals surface area contributed by atoms with Gasteiger partial charge >= 0.3 is 0 Å². The van der Waals surface area contributed by atoms with E-state index in [-0.39, 0.29) is 35.3 Å². The minimum absolute atomic E-state index is 0.1000. The smallest absolute Gasteiger partial charge is 0.153 e. The van der Waals surface area contributed by atoms with E-state index in [0.29, 0.717) is 46.4 Å². The third kappa shape index (κ3) is 8.08. The lowest BCUT2D eigenvalue weighted by molar-refractivity contribution is -0.00603. The number of fused-ring (bicyclic) bond motifs is 1. The molecule has 0 aliphatic carbocycles. The van der Waals surface area contributed by atoms with Crippen molar-refractivity contribution in [1.29, 1.82) is 0 Å². The average Bonchev–Trinajstić information content (AvgIpc) is 3.55. The van der Waals surface area contributed by atoms with Crippen molar-refractivity contribution in [3.05, 3.63) is 100 Å². The molecule has 6 rings (SSSR count). The predicted molar refractivity (Wildman–Crippen MR) is 176 cm³/mol. The SMILES string of the molecule is CC1(O)CCN(CCCOc2cccc(-c3cccc(COc4cc(OCc5ccc6nonc6c5)c(C=O)cc4Cl)c3F)c2)CC1. The minimum atomic E-state index is -0.560. The van der Waals surface area contributed by atoms with Crippen LogP contribution in [-0.2, 0) is 13.2 Å². The number of aromatic nitrogens is 2. The largest absolute Gasteiger partial charge is 0.494 e. The lowest BCUT2D eigenvalue weighted by Crippen LogP contribution is -2.42. The summed E-state index contributed by atoms with van der Waals surface area (Å²) in [5.41, 5.74) is 3.14. The van der Waals surface area contributed by atoms with Crippen molar-refractivity contribution in [2.24, 2.45) is 0 Å². The van der Waals surface area contributed by atoms with Crippen LogP contribution in [0.3, 0.4) is 0 Å². The Hall–Kier alpha value is -4.51. The van der Waals surface area contributed by atoms with Gasteiger partial charge < -0.3 is 24.2 Å². The summed E-state index contributed by atoms with van der Waals surface area (Å²) in [6, 6.07) is 20.9. The topological polar surface area (TPSA) is 107 Å². The highest BCUT2D eigenvalue weighted by Crippen LogP contribution is 2.34. The van der Waals surface area contributed by atoms with Crippen LogP contribution < -0.4 is 14.2 Å². The Morgan fingerprint density at radius 2 is 1.74 bits per heavy atom. The van der Waals surface area contributed by atoms with E-state index in [9.17, 15) is 9.90 Å². The number of carbonyl (C=O) groups is 1. The molecule has 1 fully saturated rings. The molecule has 0 saturated carbocycles. The molecule has 2 heterocycles.